The molecule has 0 aromatic carbocycles. The number of nitrogens with zero attached hydrogens (tertiary/aromatic N) is 3. The van der Waals surface area contributed by atoms with Crippen molar-refractivity contribution in [2.24, 2.45) is 0 Å². The lowest BCUT2D eigenvalue weighted by Crippen LogP contribution is -2.42. The van der Waals surface area contributed by atoms with E-state index in [0.29, 0.717) is 24.7 Å². The van der Waals surface area contributed by atoms with Crippen molar-refractivity contribution in [1.29, 1.82) is 0 Å². The number of hydrogen-bond donors (Lipinski definition) is 0. The Kier molecular flexibility index (Phi) is 6.29. The Morgan fingerprint density at radius 1 is 1.32 bits per heavy atom. The van der Waals surface area contributed by atoms with Gasteiger partial charge < -0.3 is 13.3 Å². The number of hydrogen-bond acceptors (Lipinski definition) is 6. The minimum Gasteiger partial charge on any atom is -0.377 e. The van der Waals surface area contributed by atoms with E-state index in [1.807, 2.05) is 0 Å². The first kappa shape index (κ1) is 16.0. The summed E-state index contributed by atoms with van der Waals surface area (Å²) in [5.74, 6) is 0.000599. The van der Waals surface area contributed by atoms with Crippen LogP contribution in [0, 0.1) is 0 Å². The number of ketones is 1. The van der Waals surface area contributed by atoms with Crippen LogP contribution in [0.25, 0.3) is 0 Å². The van der Waals surface area contributed by atoms with Crippen LogP contribution in [-0.4, -0.2) is 50.9 Å². The van der Waals surface area contributed by atoms with Crippen LogP contribution < -0.4 is 0 Å². The van der Waals surface area contributed by atoms with E-state index in [1.165, 1.54) is 0 Å². The van der Waals surface area contributed by atoms with Crippen molar-refractivity contribution in [2.45, 2.75) is 32.4 Å². The Hall–Kier alpha value is -1.09. The van der Waals surface area contributed by atoms with Crippen LogP contribution in [0.4, 0.5) is 0 Å². The van der Waals surface area contributed by atoms with Crippen LogP contribution in [0.3, 0.4) is 0 Å². The fourth-order valence-electron chi connectivity index (χ4n) is 1.73. The zero-order valence-electron chi connectivity index (χ0n) is 11.9. The van der Waals surface area contributed by atoms with E-state index in [9.17, 15) is 4.79 Å². The van der Waals surface area contributed by atoms with Gasteiger partial charge in [0.2, 0.25) is 0 Å². The van der Waals surface area contributed by atoms with Crippen LogP contribution in [0.1, 0.15) is 30.3 Å². The maximum Gasteiger partial charge on any atom is 0.500 e. The van der Waals surface area contributed by atoms with Gasteiger partial charge in [-0.05, 0) is 6.42 Å². The van der Waals surface area contributed by atoms with E-state index in [-0.39, 0.29) is 5.78 Å². The number of carbonyl (C=O) groups excluding carboxylic acids is 1. The fraction of sp³-hybridized carbons (Fsp3) is 0.727. The third kappa shape index (κ3) is 4.20. The molecule has 0 radical (unpaired) electrons. The van der Waals surface area contributed by atoms with Gasteiger partial charge in [-0.25, -0.2) is 0 Å². The summed E-state index contributed by atoms with van der Waals surface area (Å²) in [6, 6.07) is 0.688. The summed E-state index contributed by atoms with van der Waals surface area (Å²) in [4.78, 5) is 11.4. The summed E-state index contributed by atoms with van der Waals surface area (Å²) >= 11 is 0. The first-order valence-electron chi connectivity index (χ1n) is 6.19. The topological polar surface area (TPSA) is 75.5 Å². The smallest absolute Gasteiger partial charge is 0.377 e. The second kappa shape index (κ2) is 7.48. The van der Waals surface area contributed by atoms with E-state index in [2.05, 4.69) is 10.3 Å². The monoisotopic (exact) mass is 287 g/mol. The summed E-state index contributed by atoms with van der Waals surface area (Å²) in [5, 5.41) is 7.76. The Morgan fingerprint density at radius 3 is 2.47 bits per heavy atom. The Morgan fingerprint density at radius 2 is 1.95 bits per heavy atom. The summed E-state index contributed by atoms with van der Waals surface area (Å²) in [5.41, 5.74) is 0.413. The highest BCUT2D eigenvalue weighted by molar-refractivity contribution is 6.60. The number of Topliss-reactive ketones (excluding diaryl/α,β-unsaturated/α-hetero) is 1. The summed E-state index contributed by atoms with van der Waals surface area (Å²) in [6.45, 7) is 2.45. The van der Waals surface area contributed by atoms with Crippen LogP contribution in [-0.2, 0) is 19.8 Å². The second-order valence-corrected chi connectivity index (χ2v) is 7.13. The first-order valence-corrected chi connectivity index (χ1v) is 8.12. The van der Waals surface area contributed by atoms with Crippen LogP contribution >= 0.6 is 0 Å². The summed E-state index contributed by atoms with van der Waals surface area (Å²) in [7, 11) is 2.25. The lowest BCUT2D eigenvalue weighted by atomic mass is 10.2. The third-order valence-electron chi connectivity index (χ3n) is 2.95. The highest BCUT2D eigenvalue weighted by Crippen LogP contribution is 2.15. The van der Waals surface area contributed by atoms with Gasteiger partial charge in [0.05, 0.1) is 6.20 Å². The molecule has 0 amide bonds. The molecule has 0 atom stereocenters. The molecule has 19 heavy (non-hydrogen) atoms. The molecular weight excluding hydrogens is 266 g/mol. The Labute approximate surface area is 114 Å². The van der Waals surface area contributed by atoms with Crippen LogP contribution in [0.15, 0.2) is 6.20 Å². The van der Waals surface area contributed by atoms with E-state index in [0.717, 1.165) is 6.42 Å². The molecule has 0 saturated carbocycles. The van der Waals surface area contributed by atoms with Crippen molar-refractivity contribution in [2.75, 3.05) is 21.3 Å². The Bertz CT molecular complexity index is 398. The third-order valence-corrected chi connectivity index (χ3v) is 5.78. The summed E-state index contributed by atoms with van der Waals surface area (Å²) < 4.78 is 17.6. The summed E-state index contributed by atoms with van der Waals surface area (Å²) in [6.07, 6.45) is 2.89. The van der Waals surface area contributed by atoms with Crippen LogP contribution in [0.2, 0.25) is 6.04 Å². The molecule has 0 N–H and O–H groups in total. The molecule has 1 aromatic rings. The standard InChI is InChI=1S/C11H21N3O4Si/c1-5-11(15)10-9-14(13-12-10)7-6-8-19(16-2,17-3)18-4/h9H,5-8H2,1-4H3. The fourth-order valence-corrected chi connectivity index (χ4v) is 3.43. The second-order valence-electron chi connectivity index (χ2n) is 4.04. The first-order chi connectivity index (χ1) is 9.10. The van der Waals surface area contributed by atoms with Gasteiger partial charge in [-0.2, -0.15) is 0 Å². The van der Waals surface area contributed by atoms with Gasteiger partial charge in [-0.3, -0.25) is 9.48 Å². The molecule has 8 heteroatoms. The van der Waals surface area contributed by atoms with E-state index >= 15 is 0 Å². The number of carbonyl (C=O) groups is 1. The molecule has 0 aliphatic carbocycles. The molecule has 108 valence electrons. The molecule has 1 rings (SSSR count). The molecule has 0 bridgehead atoms. The molecule has 1 heterocycles. The zero-order valence-corrected chi connectivity index (χ0v) is 12.9. The van der Waals surface area contributed by atoms with Gasteiger partial charge in [-0.1, -0.05) is 12.1 Å². The van der Waals surface area contributed by atoms with Gasteiger partial charge in [0.1, 0.15) is 5.69 Å². The predicted molar refractivity (Wildman–Crippen MR) is 70.8 cm³/mol. The molecule has 0 aliphatic rings. The zero-order chi connectivity index (χ0) is 14.3. The van der Waals surface area contributed by atoms with E-state index < -0.39 is 8.80 Å². The number of aryl methyl sites for hydroxylation is 1. The molecular formula is C11H21N3O4Si. The maximum atomic E-state index is 11.4. The number of aromatic nitrogens is 3. The van der Waals surface area contributed by atoms with Crippen molar-refractivity contribution in [3.8, 4) is 0 Å². The molecule has 7 nitrogen and oxygen atoms in total. The largest absolute Gasteiger partial charge is 0.500 e. The van der Waals surface area contributed by atoms with Crippen molar-refractivity contribution in [3.63, 3.8) is 0 Å². The quantitative estimate of drug-likeness (QED) is 0.501. The van der Waals surface area contributed by atoms with Gasteiger partial charge >= 0.3 is 8.80 Å². The molecule has 1 aromatic heterocycles. The average Bonchev–Trinajstić information content (AvgIpc) is 2.92. The number of rotatable bonds is 9. The van der Waals surface area contributed by atoms with Gasteiger partial charge in [0.15, 0.2) is 5.78 Å². The maximum absolute atomic E-state index is 11.4. The molecule has 0 saturated heterocycles. The van der Waals surface area contributed by atoms with Crippen molar-refractivity contribution < 1.29 is 18.1 Å². The normalized spacial score (nSPS) is 11.8. The lowest BCUT2D eigenvalue weighted by molar-refractivity contribution is 0.0983. The highest BCUT2D eigenvalue weighted by Gasteiger charge is 2.36. The lowest BCUT2D eigenvalue weighted by Gasteiger charge is -2.24. The molecule has 0 unspecified atom stereocenters. The van der Waals surface area contributed by atoms with Gasteiger partial charge in [0, 0.05) is 40.3 Å². The average molecular weight is 287 g/mol. The van der Waals surface area contributed by atoms with Crippen molar-refractivity contribution in [3.05, 3.63) is 11.9 Å². The van der Waals surface area contributed by atoms with Gasteiger partial charge in [-0.15, -0.1) is 5.10 Å². The van der Waals surface area contributed by atoms with Crippen molar-refractivity contribution >= 4 is 14.6 Å². The molecule has 0 aliphatic heterocycles. The SMILES string of the molecule is CCC(=O)c1cn(CCC[Si](OC)(OC)OC)nn1. The van der Waals surface area contributed by atoms with E-state index in [4.69, 9.17) is 13.3 Å². The van der Waals surface area contributed by atoms with E-state index in [1.54, 1.807) is 39.1 Å². The minimum absolute atomic E-state index is 0.000599. The van der Waals surface area contributed by atoms with Crippen molar-refractivity contribution in [1.82, 2.24) is 15.0 Å². The highest BCUT2D eigenvalue weighted by atomic mass is 28.4. The van der Waals surface area contributed by atoms with Gasteiger partial charge in [0.25, 0.3) is 0 Å². The minimum atomic E-state index is -2.52. The molecule has 0 spiro atoms. The molecule has 0 fully saturated rings. The van der Waals surface area contributed by atoms with Crippen LogP contribution in [0.5, 0.6) is 0 Å². The Balaban J connectivity index is 2.49. The predicted octanol–water partition coefficient (Wildman–Crippen LogP) is 1.14.